The van der Waals surface area contributed by atoms with Crippen molar-refractivity contribution in [1.29, 1.82) is 0 Å². The summed E-state index contributed by atoms with van der Waals surface area (Å²) in [6, 6.07) is 0.259. The summed E-state index contributed by atoms with van der Waals surface area (Å²) in [5.74, 6) is -2.54. The van der Waals surface area contributed by atoms with Crippen LogP contribution in [0.2, 0.25) is 0 Å². The maximum Gasteiger partial charge on any atom is 0.251 e. The van der Waals surface area contributed by atoms with Crippen molar-refractivity contribution >= 4 is 5.91 Å². The molecule has 2 rings (SSSR count). The summed E-state index contributed by atoms with van der Waals surface area (Å²) in [6.45, 7) is 1.38. The van der Waals surface area contributed by atoms with E-state index in [2.05, 4.69) is 5.32 Å². The standard InChI is InChI=1S/C11H18F2N2O/c12-11(13)3-6-15(7-4-11)10(16)8-9-2-1-5-14-9/h9,14H,1-8H2. The van der Waals surface area contributed by atoms with Crippen LogP contribution in [0.15, 0.2) is 0 Å². The SMILES string of the molecule is O=C(CC1CCCN1)N1CCC(F)(F)CC1. The lowest BCUT2D eigenvalue weighted by Crippen LogP contribution is -2.44. The predicted octanol–water partition coefficient (Wildman–Crippen LogP) is 1.39. The fraction of sp³-hybridized carbons (Fsp3) is 0.909. The molecule has 0 aromatic heterocycles. The fourth-order valence-corrected chi connectivity index (χ4v) is 2.35. The van der Waals surface area contributed by atoms with E-state index in [1.54, 1.807) is 4.90 Å². The summed E-state index contributed by atoms with van der Waals surface area (Å²) in [7, 11) is 0. The number of carbonyl (C=O) groups is 1. The molecule has 1 amide bonds. The molecule has 0 aromatic carbocycles. The van der Waals surface area contributed by atoms with Crippen LogP contribution in [0.1, 0.15) is 32.1 Å². The fourth-order valence-electron chi connectivity index (χ4n) is 2.35. The Labute approximate surface area is 94.2 Å². The summed E-state index contributed by atoms with van der Waals surface area (Å²) in [5.41, 5.74) is 0. The van der Waals surface area contributed by atoms with Gasteiger partial charge in [-0.2, -0.15) is 0 Å². The van der Waals surface area contributed by atoms with Crippen LogP contribution in [0.3, 0.4) is 0 Å². The van der Waals surface area contributed by atoms with Crippen LogP contribution >= 0.6 is 0 Å². The Bertz CT molecular complexity index is 255. The summed E-state index contributed by atoms with van der Waals surface area (Å²) in [6.07, 6.45) is 2.23. The third-order valence-corrected chi connectivity index (χ3v) is 3.43. The largest absolute Gasteiger partial charge is 0.342 e. The average Bonchev–Trinajstić information content (AvgIpc) is 2.70. The van der Waals surface area contributed by atoms with Gasteiger partial charge < -0.3 is 10.2 Å². The Balaban J connectivity index is 1.77. The van der Waals surface area contributed by atoms with Crippen molar-refractivity contribution in [2.45, 2.75) is 44.1 Å². The van der Waals surface area contributed by atoms with E-state index in [-0.39, 0.29) is 37.9 Å². The second-order valence-corrected chi connectivity index (χ2v) is 4.73. The zero-order chi connectivity index (χ0) is 11.6. The van der Waals surface area contributed by atoms with Crippen LogP contribution in [-0.2, 0) is 4.79 Å². The monoisotopic (exact) mass is 232 g/mol. The van der Waals surface area contributed by atoms with E-state index in [1.807, 2.05) is 0 Å². The van der Waals surface area contributed by atoms with Gasteiger partial charge in [-0.05, 0) is 19.4 Å². The number of hydrogen-bond donors (Lipinski definition) is 1. The van der Waals surface area contributed by atoms with E-state index in [4.69, 9.17) is 0 Å². The molecule has 2 aliphatic heterocycles. The Kier molecular flexibility index (Phi) is 3.42. The minimum Gasteiger partial charge on any atom is -0.342 e. The number of likely N-dealkylation sites (tertiary alicyclic amines) is 1. The van der Waals surface area contributed by atoms with Crippen molar-refractivity contribution in [2.24, 2.45) is 0 Å². The van der Waals surface area contributed by atoms with E-state index < -0.39 is 5.92 Å². The number of amides is 1. The van der Waals surface area contributed by atoms with Gasteiger partial charge in [0.05, 0.1) is 0 Å². The summed E-state index contributed by atoms with van der Waals surface area (Å²) < 4.78 is 25.8. The van der Waals surface area contributed by atoms with Crippen LogP contribution < -0.4 is 5.32 Å². The molecule has 2 aliphatic rings. The second-order valence-electron chi connectivity index (χ2n) is 4.73. The first-order valence-electron chi connectivity index (χ1n) is 5.96. The first-order valence-corrected chi connectivity index (χ1v) is 5.96. The quantitative estimate of drug-likeness (QED) is 0.780. The molecule has 0 radical (unpaired) electrons. The number of halogens is 2. The minimum atomic E-state index is -2.57. The second kappa shape index (κ2) is 4.65. The number of nitrogens with one attached hydrogen (secondary N) is 1. The molecule has 0 aliphatic carbocycles. The molecule has 16 heavy (non-hydrogen) atoms. The lowest BCUT2D eigenvalue weighted by molar-refractivity contribution is -0.137. The number of hydrogen-bond acceptors (Lipinski definition) is 2. The zero-order valence-corrected chi connectivity index (χ0v) is 9.35. The van der Waals surface area contributed by atoms with Gasteiger partial charge >= 0.3 is 0 Å². The van der Waals surface area contributed by atoms with Crippen molar-refractivity contribution in [2.75, 3.05) is 19.6 Å². The van der Waals surface area contributed by atoms with Crippen molar-refractivity contribution in [1.82, 2.24) is 10.2 Å². The van der Waals surface area contributed by atoms with Gasteiger partial charge in [-0.1, -0.05) is 0 Å². The van der Waals surface area contributed by atoms with Crippen molar-refractivity contribution < 1.29 is 13.6 Å². The van der Waals surface area contributed by atoms with Crippen LogP contribution in [-0.4, -0.2) is 42.4 Å². The van der Waals surface area contributed by atoms with Gasteiger partial charge in [0.25, 0.3) is 5.92 Å². The molecule has 2 saturated heterocycles. The third kappa shape index (κ3) is 2.90. The summed E-state index contributed by atoms with van der Waals surface area (Å²) in [4.78, 5) is 13.4. The highest BCUT2D eigenvalue weighted by Crippen LogP contribution is 2.28. The van der Waals surface area contributed by atoms with Gasteiger partial charge in [0, 0.05) is 38.4 Å². The lowest BCUT2D eigenvalue weighted by atomic mass is 10.1. The molecule has 1 N–H and O–H groups in total. The Morgan fingerprint density at radius 3 is 2.62 bits per heavy atom. The maximum absolute atomic E-state index is 12.9. The Morgan fingerprint density at radius 2 is 2.06 bits per heavy atom. The molecule has 5 heteroatoms. The van der Waals surface area contributed by atoms with E-state index in [0.29, 0.717) is 6.42 Å². The van der Waals surface area contributed by atoms with Gasteiger partial charge in [-0.15, -0.1) is 0 Å². The highest BCUT2D eigenvalue weighted by molar-refractivity contribution is 5.77. The summed E-state index contributed by atoms with van der Waals surface area (Å²) >= 11 is 0. The Hall–Kier alpha value is -0.710. The van der Waals surface area contributed by atoms with E-state index >= 15 is 0 Å². The third-order valence-electron chi connectivity index (χ3n) is 3.43. The van der Waals surface area contributed by atoms with Crippen molar-refractivity contribution in [3.05, 3.63) is 0 Å². The van der Waals surface area contributed by atoms with Gasteiger partial charge in [-0.3, -0.25) is 4.79 Å². The number of piperidine rings is 1. The lowest BCUT2D eigenvalue weighted by Gasteiger charge is -2.32. The molecule has 1 unspecified atom stereocenters. The van der Waals surface area contributed by atoms with Crippen LogP contribution in [0.4, 0.5) is 8.78 Å². The van der Waals surface area contributed by atoms with Crippen molar-refractivity contribution in [3.63, 3.8) is 0 Å². The topological polar surface area (TPSA) is 32.3 Å². The van der Waals surface area contributed by atoms with E-state index in [0.717, 1.165) is 19.4 Å². The first-order chi connectivity index (χ1) is 7.57. The van der Waals surface area contributed by atoms with Gasteiger partial charge in [0.15, 0.2) is 0 Å². The minimum absolute atomic E-state index is 0.0231. The number of alkyl halides is 2. The molecule has 0 bridgehead atoms. The number of nitrogens with zero attached hydrogens (tertiary/aromatic N) is 1. The van der Waals surface area contributed by atoms with E-state index in [9.17, 15) is 13.6 Å². The zero-order valence-electron chi connectivity index (χ0n) is 9.35. The number of carbonyl (C=O) groups excluding carboxylic acids is 1. The molecular weight excluding hydrogens is 214 g/mol. The summed E-state index contributed by atoms with van der Waals surface area (Å²) in [5, 5.41) is 3.25. The van der Waals surface area contributed by atoms with Crippen LogP contribution in [0.5, 0.6) is 0 Å². The predicted molar refractivity (Wildman–Crippen MR) is 56.4 cm³/mol. The molecule has 2 heterocycles. The molecule has 3 nitrogen and oxygen atoms in total. The molecular formula is C11H18F2N2O. The molecule has 92 valence electrons. The Morgan fingerprint density at radius 1 is 1.38 bits per heavy atom. The molecule has 0 spiro atoms. The van der Waals surface area contributed by atoms with Crippen molar-refractivity contribution in [3.8, 4) is 0 Å². The average molecular weight is 232 g/mol. The molecule has 0 saturated carbocycles. The number of rotatable bonds is 2. The van der Waals surface area contributed by atoms with Gasteiger partial charge in [-0.25, -0.2) is 8.78 Å². The first kappa shape index (κ1) is 11.8. The van der Waals surface area contributed by atoms with Crippen LogP contribution in [0.25, 0.3) is 0 Å². The highest BCUT2D eigenvalue weighted by atomic mass is 19.3. The molecule has 0 aromatic rings. The van der Waals surface area contributed by atoms with Gasteiger partial charge in [0.1, 0.15) is 0 Å². The maximum atomic E-state index is 12.9. The highest BCUT2D eigenvalue weighted by Gasteiger charge is 2.35. The normalized spacial score (nSPS) is 29.4. The molecule has 1 atom stereocenters. The van der Waals surface area contributed by atoms with E-state index in [1.165, 1.54) is 0 Å². The molecule has 2 fully saturated rings. The smallest absolute Gasteiger partial charge is 0.251 e. The van der Waals surface area contributed by atoms with Crippen LogP contribution in [0, 0.1) is 0 Å². The van der Waals surface area contributed by atoms with Gasteiger partial charge in [0.2, 0.25) is 5.91 Å².